The molecule has 28 heavy (non-hydrogen) atoms. The summed E-state index contributed by atoms with van der Waals surface area (Å²) in [6.45, 7) is 6.33. The minimum Gasteiger partial charge on any atom is -0.356 e. The Morgan fingerprint density at radius 1 is 1.07 bits per heavy atom. The average molecular weight is 403 g/mol. The second kappa shape index (κ2) is 6.52. The van der Waals surface area contributed by atoms with Gasteiger partial charge in [0.2, 0.25) is 10.0 Å². The van der Waals surface area contributed by atoms with E-state index in [9.17, 15) is 8.42 Å². The monoisotopic (exact) mass is 402 g/mol. The Bertz CT molecular complexity index is 966. The SMILES string of the molecule is Cc1n[nH]c(C)c1S(=O)(=O)N1CC2CN(c3cc(C4CCC4)ncn3)CC2C1. The largest absolute Gasteiger partial charge is 0.356 e. The number of aryl methyl sites for hydroxylation is 2. The Hall–Kier alpha value is -2.00. The molecule has 9 heteroatoms. The van der Waals surface area contributed by atoms with Gasteiger partial charge in [-0.3, -0.25) is 5.10 Å². The second-order valence-corrected chi connectivity index (χ2v) is 10.3. The molecule has 2 aromatic rings. The summed E-state index contributed by atoms with van der Waals surface area (Å²) in [6, 6.07) is 2.14. The summed E-state index contributed by atoms with van der Waals surface area (Å²) in [4.78, 5) is 11.6. The number of nitrogens with zero attached hydrogens (tertiary/aromatic N) is 5. The van der Waals surface area contributed by atoms with E-state index < -0.39 is 10.0 Å². The van der Waals surface area contributed by atoms with Gasteiger partial charge in [-0.2, -0.15) is 9.40 Å². The van der Waals surface area contributed by atoms with E-state index in [4.69, 9.17) is 0 Å². The van der Waals surface area contributed by atoms with Gasteiger partial charge in [-0.05, 0) is 38.5 Å². The van der Waals surface area contributed by atoms with Gasteiger partial charge in [0.15, 0.2) is 0 Å². The summed E-state index contributed by atoms with van der Waals surface area (Å²) in [5.41, 5.74) is 2.31. The summed E-state index contributed by atoms with van der Waals surface area (Å²) in [6.07, 6.45) is 5.42. The van der Waals surface area contributed by atoms with Crippen LogP contribution in [0.2, 0.25) is 0 Å². The highest BCUT2D eigenvalue weighted by Crippen LogP contribution is 2.39. The fraction of sp³-hybridized carbons (Fsp3) is 0.632. The molecule has 2 atom stereocenters. The molecule has 150 valence electrons. The molecule has 8 nitrogen and oxygen atoms in total. The van der Waals surface area contributed by atoms with Crippen molar-refractivity contribution < 1.29 is 8.42 Å². The van der Waals surface area contributed by atoms with Crippen LogP contribution in [-0.4, -0.2) is 59.1 Å². The van der Waals surface area contributed by atoms with Crippen molar-refractivity contribution in [3.05, 3.63) is 29.5 Å². The lowest BCUT2D eigenvalue weighted by molar-refractivity contribution is 0.410. The molecule has 1 N–H and O–H groups in total. The molecule has 2 aromatic heterocycles. The van der Waals surface area contributed by atoms with Gasteiger partial charge in [-0.15, -0.1) is 0 Å². The molecule has 4 heterocycles. The maximum atomic E-state index is 13.1. The first-order valence-electron chi connectivity index (χ1n) is 10.0. The van der Waals surface area contributed by atoms with Crippen LogP contribution >= 0.6 is 0 Å². The fourth-order valence-electron chi connectivity index (χ4n) is 4.84. The summed E-state index contributed by atoms with van der Waals surface area (Å²) in [5, 5.41) is 6.85. The van der Waals surface area contributed by atoms with E-state index in [1.165, 1.54) is 19.3 Å². The predicted molar refractivity (Wildman–Crippen MR) is 105 cm³/mol. The molecule has 1 aliphatic carbocycles. The van der Waals surface area contributed by atoms with E-state index in [0.29, 0.717) is 47.1 Å². The van der Waals surface area contributed by atoms with Crippen LogP contribution in [0.1, 0.15) is 42.3 Å². The normalized spacial score (nSPS) is 25.9. The molecule has 0 bridgehead atoms. The standard InChI is InChI=1S/C19H26N6O2S/c1-12-19(13(2)23-22-12)28(26,27)25-9-15-7-24(8-16(15)10-25)18-6-17(20-11-21-18)14-4-3-5-14/h6,11,14-16H,3-5,7-10H2,1-2H3,(H,22,23). The zero-order chi connectivity index (χ0) is 19.5. The first kappa shape index (κ1) is 18.1. The Balaban J connectivity index is 1.30. The van der Waals surface area contributed by atoms with Crippen molar-refractivity contribution in [2.24, 2.45) is 11.8 Å². The van der Waals surface area contributed by atoms with Gasteiger partial charge in [-0.25, -0.2) is 18.4 Å². The van der Waals surface area contributed by atoms with Crippen LogP contribution < -0.4 is 4.90 Å². The summed E-state index contributed by atoms with van der Waals surface area (Å²) in [7, 11) is -3.50. The molecule has 0 spiro atoms. The molecular formula is C19H26N6O2S. The number of aromatic amines is 1. The van der Waals surface area contributed by atoms with Crippen molar-refractivity contribution in [1.82, 2.24) is 24.5 Å². The van der Waals surface area contributed by atoms with Crippen LogP contribution in [0.25, 0.3) is 0 Å². The third kappa shape index (κ3) is 2.83. The Kier molecular flexibility index (Phi) is 4.20. The molecule has 2 saturated heterocycles. The molecule has 0 aromatic carbocycles. The van der Waals surface area contributed by atoms with Crippen LogP contribution in [0, 0.1) is 25.7 Å². The van der Waals surface area contributed by atoms with Crippen LogP contribution in [0.15, 0.2) is 17.3 Å². The van der Waals surface area contributed by atoms with Gasteiger partial charge in [0.25, 0.3) is 0 Å². The molecule has 1 saturated carbocycles. The lowest BCUT2D eigenvalue weighted by atomic mass is 9.83. The number of aromatic nitrogens is 4. The number of rotatable bonds is 4. The highest BCUT2D eigenvalue weighted by Gasteiger charge is 2.45. The van der Waals surface area contributed by atoms with Gasteiger partial charge in [0.1, 0.15) is 17.0 Å². The zero-order valence-electron chi connectivity index (χ0n) is 16.3. The van der Waals surface area contributed by atoms with Gasteiger partial charge in [0, 0.05) is 43.9 Å². The number of anilines is 1. The molecule has 2 unspecified atom stereocenters. The molecular weight excluding hydrogens is 376 g/mol. The third-order valence-electron chi connectivity index (χ3n) is 6.63. The molecule has 5 rings (SSSR count). The van der Waals surface area contributed by atoms with Crippen molar-refractivity contribution >= 4 is 15.8 Å². The van der Waals surface area contributed by atoms with Gasteiger partial charge < -0.3 is 4.90 Å². The van der Waals surface area contributed by atoms with Gasteiger partial charge in [-0.1, -0.05) is 6.42 Å². The van der Waals surface area contributed by atoms with E-state index >= 15 is 0 Å². The molecule has 0 amide bonds. The van der Waals surface area contributed by atoms with Crippen molar-refractivity contribution in [1.29, 1.82) is 0 Å². The molecule has 3 aliphatic rings. The van der Waals surface area contributed by atoms with E-state index in [-0.39, 0.29) is 0 Å². The molecule has 2 aliphatic heterocycles. The molecule has 3 fully saturated rings. The Morgan fingerprint density at radius 3 is 2.36 bits per heavy atom. The first-order chi connectivity index (χ1) is 13.4. The van der Waals surface area contributed by atoms with Crippen molar-refractivity contribution in [2.75, 3.05) is 31.1 Å². The van der Waals surface area contributed by atoms with Crippen LogP contribution in [0.5, 0.6) is 0 Å². The second-order valence-electron chi connectivity index (χ2n) is 8.44. The minimum absolute atomic E-state index is 0.337. The number of sulfonamides is 1. The minimum atomic E-state index is -3.50. The van der Waals surface area contributed by atoms with E-state index in [1.54, 1.807) is 24.5 Å². The van der Waals surface area contributed by atoms with Crippen LogP contribution in [0.3, 0.4) is 0 Å². The number of hydrogen-bond acceptors (Lipinski definition) is 6. The van der Waals surface area contributed by atoms with Gasteiger partial charge in [0.05, 0.1) is 11.4 Å². The average Bonchev–Trinajstić information content (AvgIpc) is 3.27. The Morgan fingerprint density at radius 2 is 1.79 bits per heavy atom. The van der Waals surface area contributed by atoms with Crippen molar-refractivity contribution in [3.63, 3.8) is 0 Å². The van der Waals surface area contributed by atoms with E-state index in [0.717, 1.165) is 24.6 Å². The highest BCUT2D eigenvalue weighted by atomic mass is 32.2. The maximum Gasteiger partial charge on any atom is 0.246 e. The van der Waals surface area contributed by atoms with Crippen LogP contribution in [0.4, 0.5) is 5.82 Å². The van der Waals surface area contributed by atoms with E-state index in [2.05, 4.69) is 31.1 Å². The molecule has 0 radical (unpaired) electrons. The lowest BCUT2D eigenvalue weighted by Crippen LogP contribution is -2.34. The van der Waals surface area contributed by atoms with Crippen LogP contribution in [-0.2, 0) is 10.0 Å². The quantitative estimate of drug-likeness (QED) is 0.838. The summed E-state index contributed by atoms with van der Waals surface area (Å²) < 4.78 is 27.9. The highest BCUT2D eigenvalue weighted by molar-refractivity contribution is 7.89. The third-order valence-corrected chi connectivity index (χ3v) is 8.73. The number of hydrogen-bond donors (Lipinski definition) is 1. The zero-order valence-corrected chi connectivity index (χ0v) is 17.1. The predicted octanol–water partition coefficient (Wildman–Crippen LogP) is 1.84. The summed E-state index contributed by atoms with van der Waals surface area (Å²) in [5.74, 6) is 2.25. The number of nitrogens with one attached hydrogen (secondary N) is 1. The maximum absolute atomic E-state index is 13.1. The number of H-pyrrole nitrogens is 1. The van der Waals surface area contributed by atoms with E-state index in [1.807, 2.05) is 0 Å². The lowest BCUT2D eigenvalue weighted by Gasteiger charge is -2.26. The Labute approximate surface area is 165 Å². The van der Waals surface area contributed by atoms with Gasteiger partial charge >= 0.3 is 0 Å². The van der Waals surface area contributed by atoms with Crippen molar-refractivity contribution in [3.8, 4) is 0 Å². The van der Waals surface area contributed by atoms with Crippen molar-refractivity contribution in [2.45, 2.75) is 43.9 Å². The number of fused-ring (bicyclic) bond motifs is 1. The topological polar surface area (TPSA) is 95.1 Å². The smallest absolute Gasteiger partial charge is 0.246 e. The first-order valence-corrected chi connectivity index (χ1v) is 11.5. The summed E-state index contributed by atoms with van der Waals surface area (Å²) >= 11 is 0. The fourth-order valence-corrected chi connectivity index (χ4v) is 6.73.